The zero-order valence-electron chi connectivity index (χ0n) is 15.5. The molecule has 0 radical (unpaired) electrons. The first-order valence-electron chi connectivity index (χ1n) is 9.66. The lowest BCUT2D eigenvalue weighted by Gasteiger charge is -2.37. The van der Waals surface area contributed by atoms with Crippen LogP contribution in [-0.4, -0.2) is 65.9 Å². The fourth-order valence-corrected chi connectivity index (χ4v) is 4.28. The molecule has 1 amide bonds. The fourth-order valence-electron chi connectivity index (χ4n) is 4.28. The minimum Gasteiger partial charge on any atom is -0.384 e. The van der Waals surface area contributed by atoms with E-state index >= 15 is 0 Å². The number of amides is 1. The third kappa shape index (κ3) is 3.60. The number of hydrogen-bond acceptors (Lipinski definition) is 4. The molecule has 1 unspecified atom stereocenters. The van der Waals surface area contributed by atoms with Crippen LogP contribution in [0.5, 0.6) is 0 Å². The second-order valence-electron chi connectivity index (χ2n) is 8.12. The first-order chi connectivity index (χ1) is 12.2. The molecule has 2 aliphatic heterocycles. The van der Waals surface area contributed by atoms with Gasteiger partial charge < -0.3 is 14.5 Å². The molecule has 3 heterocycles. The molecular formula is C19H30N4O2. The molecule has 0 spiro atoms. The van der Waals surface area contributed by atoms with Crippen LogP contribution in [0.15, 0.2) is 6.20 Å². The Bertz CT molecular complexity index is 617. The largest absolute Gasteiger partial charge is 0.384 e. The van der Waals surface area contributed by atoms with E-state index in [1.54, 1.807) is 7.11 Å². The summed E-state index contributed by atoms with van der Waals surface area (Å²) in [5.74, 6) is 1.54. The highest BCUT2D eigenvalue weighted by Gasteiger charge is 2.35. The van der Waals surface area contributed by atoms with Crippen molar-refractivity contribution in [1.82, 2.24) is 19.6 Å². The maximum absolute atomic E-state index is 13.1. The summed E-state index contributed by atoms with van der Waals surface area (Å²) < 4.78 is 7.60. The van der Waals surface area contributed by atoms with Crippen molar-refractivity contribution >= 4 is 5.91 Å². The normalized spacial score (nSPS) is 25.2. The molecule has 0 N–H and O–H groups in total. The van der Waals surface area contributed by atoms with Gasteiger partial charge in [-0.05, 0) is 51.7 Å². The van der Waals surface area contributed by atoms with E-state index in [2.05, 4.69) is 26.6 Å². The Labute approximate surface area is 150 Å². The topological polar surface area (TPSA) is 50.6 Å². The average molecular weight is 346 g/mol. The molecule has 1 saturated carbocycles. The van der Waals surface area contributed by atoms with Crippen molar-refractivity contribution in [2.45, 2.75) is 44.7 Å². The molecule has 6 heteroatoms. The Kier molecular flexibility index (Phi) is 4.82. The summed E-state index contributed by atoms with van der Waals surface area (Å²) in [7, 11) is 3.88. The van der Waals surface area contributed by atoms with Crippen LogP contribution in [0.1, 0.15) is 42.9 Å². The van der Waals surface area contributed by atoms with E-state index < -0.39 is 0 Å². The molecule has 4 rings (SSSR count). The number of nitrogens with zero attached hydrogens (tertiary/aromatic N) is 4. The van der Waals surface area contributed by atoms with Gasteiger partial charge in [0.05, 0.1) is 25.0 Å². The van der Waals surface area contributed by atoms with E-state index in [1.165, 1.54) is 24.1 Å². The van der Waals surface area contributed by atoms with Gasteiger partial charge in [-0.25, -0.2) is 0 Å². The number of carbonyl (C=O) groups is 1. The van der Waals surface area contributed by atoms with Gasteiger partial charge >= 0.3 is 0 Å². The minimum atomic E-state index is 0.181. The van der Waals surface area contributed by atoms with Crippen LogP contribution in [0.25, 0.3) is 0 Å². The number of methoxy groups -OCH3 is 1. The van der Waals surface area contributed by atoms with Crippen molar-refractivity contribution < 1.29 is 9.53 Å². The smallest absolute Gasteiger partial charge is 0.226 e. The number of piperidine rings is 1. The molecule has 1 aliphatic carbocycles. The molecule has 2 fully saturated rings. The van der Waals surface area contributed by atoms with Gasteiger partial charge in [-0.2, -0.15) is 5.10 Å². The monoisotopic (exact) mass is 346 g/mol. The maximum atomic E-state index is 13.1. The number of hydrogen-bond donors (Lipinski definition) is 0. The molecule has 3 aliphatic rings. The molecule has 0 bridgehead atoms. The molecule has 138 valence electrons. The van der Waals surface area contributed by atoms with Crippen LogP contribution in [0.4, 0.5) is 0 Å². The summed E-state index contributed by atoms with van der Waals surface area (Å²) in [4.78, 5) is 17.5. The number of likely N-dealkylation sites (tertiary alicyclic amines) is 1. The van der Waals surface area contributed by atoms with E-state index in [-0.39, 0.29) is 11.8 Å². The molecular weight excluding hydrogens is 316 g/mol. The predicted molar refractivity (Wildman–Crippen MR) is 95.2 cm³/mol. The molecule has 1 saturated heterocycles. The van der Waals surface area contributed by atoms with Crippen LogP contribution >= 0.6 is 0 Å². The molecule has 0 aromatic carbocycles. The first-order valence-corrected chi connectivity index (χ1v) is 9.66. The average Bonchev–Trinajstić information content (AvgIpc) is 3.34. The highest BCUT2D eigenvalue weighted by atomic mass is 16.5. The lowest BCUT2D eigenvalue weighted by Crippen LogP contribution is -2.45. The van der Waals surface area contributed by atoms with Crippen LogP contribution < -0.4 is 0 Å². The lowest BCUT2D eigenvalue weighted by atomic mass is 9.91. The van der Waals surface area contributed by atoms with E-state index in [9.17, 15) is 4.79 Å². The van der Waals surface area contributed by atoms with Crippen LogP contribution in [0.3, 0.4) is 0 Å². The van der Waals surface area contributed by atoms with E-state index in [0.717, 1.165) is 44.9 Å². The Hall–Kier alpha value is -1.40. The Morgan fingerprint density at radius 3 is 2.72 bits per heavy atom. The number of rotatable bonds is 5. The van der Waals surface area contributed by atoms with Crippen LogP contribution in [0.2, 0.25) is 0 Å². The van der Waals surface area contributed by atoms with E-state index in [0.29, 0.717) is 19.1 Å². The van der Waals surface area contributed by atoms with Crippen molar-refractivity contribution in [1.29, 1.82) is 0 Å². The maximum Gasteiger partial charge on any atom is 0.226 e. The molecule has 25 heavy (non-hydrogen) atoms. The highest BCUT2D eigenvalue weighted by Crippen LogP contribution is 2.34. The molecule has 1 atom stereocenters. The Balaban J connectivity index is 1.52. The quantitative estimate of drug-likeness (QED) is 0.814. The second-order valence-corrected chi connectivity index (χ2v) is 8.12. The number of carbonyl (C=O) groups excluding carboxylic acids is 1. The lowest BCUT2D eigenvalue weighted by molar-refractivity contribution is -0.138. The molecule has 1 aromatic heterocycles. The van der Waals surface area contributed by atoms with Crippen molar-refractivity contribution in [3.63, 3.8) is 0 Å². The van der Waals surface area contributed by atoms with Crippen molar-refractivity contribution in [3.05, 3.63) is 17.5 Å². The fraction of sp³-hybridized carbons (Fsp3) is 0.789. The Morgan fingerprint density at radius 2 is 2.04 bits per heavy atom. The summed E-state index contributed by atoms with van der Waals surface area (Å²) in [6, 6.07) is 0. The molecule has 1 aromatic rings. The summed E-state index contributed by atoms with van der Waals surface area (Å²) >= 11 is 0. The van der Waals surface area contributed by atoms with Gasteiger partial charge in [-0.15, -0.1) is 0 Å². The van der Waals surface area contributed by atoms with Gasteiger partial charge in [0.15, 0.2) is 0 Å². The summed E-state index contributed by atoms with van der Waals surface area (Å²) in [5.41, 5.74) is 2.52. The number of aromatic nitrogens is 2. The zero-order chi connectivity index (χ0) is 17.4. The van der Waals surface area contributed by atoms with Crippen molar-refractivity contribution in [3.8, 4) is 0 Å². The number of ether oxygens (including phenoxy) is 1. The van der Waals surface area contributed by atoms with Gasteiger partial charge in [-0.1, -0.05) is 0 Å². The third-order valence-electron chi connectivity index (χ3n) is 6.08. The van der Waals surface area contributed by atoms with Gasteiger partial charge in [0.2, 0.25) is 5.91 Å². The summed E-state index contributed by atoms with van der Waals surface area (Å²) in [6.07, 6.45) is 6.60. The second kappa shape index (κ2) is 7.08. The van der Waals surface area contributed by atoms with Gasteiger partial charge in [0.1, 0.15) is 0 Å². The van der Waals surface area contributed by atoms with Gasteiger partial charge in [0.25, 0.3) is 0 Å². The van der Waals surface area contributed by atoms with Crippen LogP contribution in [-0.2, 0) is 22.6 Å². The van der Waals surface area contributed by atoms with E-state index in [1.807, 2.05) is 6.20 Å². The minimum absolute atomic E-state index is 0.181. The van der Waals surface area contributed by atoms with Gasteiger partial charge in [-0.3, -0.25) is 9.48 Å². The van der Waals surface area contributed by atoms with Crippen molar-refractivity contribution in [2.75, 3.05) is 40.4 Å². The summed E-state index contributed by atoms with van der Waals surface area (Å²) in [5, 5.41) is 4.64. The SMILES string of the molecule is COCC1CN(C(=O)C2CCN(C)CC2)Cc2c1cnn2CC1CC1. The zero-order valence-corrected chi connectivity index (χ0v) is 15.5. The highest BCUT2D eigenvalue weighted by molar-refractivity contribution is 5.79. The predicted octanol–water partition coefficient (Wildman–Crippen LogP) is 1.71. The summed E-state index contributed by atoms with van der Waals surface area (Å²) in [6.45, 7) is 5.19. The first kappa shape index (κ1) is 17.0. The molecule has 6 nitrogen and oxygen atoms in total. The van der Waals surface area contributed by atoms with Crippen molar-refractivity contribution in [2.24, 2.45) is 11.8 Å². The standard InChI is InChI=1S/C19H30N4O2/c1-21-7-5-15(6-8-21)19(24)22-11-16(13-25-2)17-9-20-23(18(17)12-22)10-14-3-4-14/h9,14-16H,3-8,10-13H2,1-2H3. The third-order valence-corrected chi connectivity index (χ3v) is 6.08. The number of fused-ring (bicyclic) bond motifs is 1. The Morgan fingerprint density at radius 1 is 1.28 bits per heavy atom. The van der Waals surface area contributed by atoms with Gasteiger partial charge in [0, 0.05) is 37.6 Å². The van der Waals surface area contributed by atoms with E-state index in [4.69, 9.17) is 4.74 Å². The van der Waals surface area contributed by atoms with Crippen LogP contribution in [0, 0.1) is 11.8 Å².